The van der Waals surface area contributed by atoms with Gasteiger partial charge in [-0.25, -0.2) is 0 Å². The van der Waals surface area contributed by atoms with Crippen molar-refractivity contribution in [2.75, 3.05) is 0 Å². The molecule has 0 aliphatic rings. The van der Waals surface area contributed by atoms with Gasteiger partial charge in [0.1, 0.15) is 0 Å². The van der Waals surface area contributed by atoms with Crippen LogP contribution in [0.15, 0.2) is 18.2 Å². The number of aliphatic carboxylic acids is 1. The fourth-order valence-corrected chi connectivity index (χ4v) is 1.24. The maximum atomic E-state index is 10.3. The van der Waals surface area contributed by atoms with Gasteiger partial charge in [-0.2, -0.15) is 0 Å². The van der Waals surface area contributed by atoms with Crippen molar-refractivity contribution in [2.45, 2.75) is 13.8 Å². The Balaban J connectivity index is 2.93. The van der Waals surface area contributed by atoms with Crippen LogP contribution >= 0.6 is 0 Å². The summed E-state index contributed by atoms with van der Waals surface area (Å²) in [6.07, 6.45) is 1.21. The largest absolute Gasteiger partial charge is 0.481 e. The molecule has 1 rings (SSSR count). The van der Waals surface area contributed by atoms with E-state index in [9.17, 15) is 4.79 Å². The van der Waals surface area contributed by atoms with E-state index in [0.29, 0.717) is 0 Å². The normalized spacial score (nSPS) is 9.83. The maximum Gasteiger partial charge on any atom is 0.312 e. The third-order valence-electron chi connectivity index (χ3n) is 1.53. The van der Waals surface area contributed by atoms with E-state index < -0.39 is 5.97 Å². The Morgan fingerprint density at radius 2 is 1.75 bits per heavy atom. The molecule has 0 spiro atoms. The minimum absolute atomic E-state index is 0.750. The first-order valence-corrected chi connectivity index (χ1v) is 3.74. The number of benzene rings is 1. The van der Waals surface area contributed by atoms with Crippen LogP contribution in [0.4, 0.5) is 0 Å². The fourth-order valence-electron chi connectivity index (χ4n) is 1.24. The molecule has 63 valence electrons. The van der Waals surface area contributed by atoms with Gasteiger partial charge < -0.3 is 5.11 Å². The molecular formula is C10H11O2. The van der Waals surface area contributed by atoms with Gasteiger partial charge in [0, 0.05) is 0 Å². The molecule has 0 saturated carbocycles. The SMILES string of the molecule is Cc1cc(C)cc([CH]C(=O)O)c1. The van der Waals surface area contributed by atoms with Gasteiger partial charge in [0.2, 0.25) is 0 Å². The van der Waals surface area contributed by atoms with Crippen LogP contribution in [0.25, 0.3) is 0 Å². The molecule has 0 aliphatic carbocycles. The van der Waals surface area contributed by atoms with Crippen molar-refractivity contribution in [1.82, 2.24) is 0 Å². The van der Waals surface area contributed by atoms with Crippen LogP contribution in [0.3, 0.4) is 0 Å². The first-order chi connectivity index (χ1) is 5.58. The lowest BCUT2D eigenvalue weighted by atomic mass is 10.1. The Labute approximate surface area is 71.8 Å². The first kappa shape index (κ1) is 8.78. The predicted octanol–water partition coefficient (Wildman–Crippen LogP) is 1.94. The Kier molecular flexibility index (Phi) is 2.48. The smallest absolute Gasteiger partial charge is 0.312 e. The van der Waals surface area contributed by atoms with E-state index in [1.54, 1.807) is 0 Å². The molecule has 1 aromatic carbocycles. The van der Waals surface area contributed by atoms with E-state index in [2.05, 4.69) is 0 Å². The third kappa shape index (κ3) is 2.38. The maximum absolute atomic E-state index is 10.3. The topological polar surface area (TPSA) is 37.3 Å². The van der Waals surface area contributed by atoms with Crippen LogP contribution in [-0.4, -0.2) is 11.1 Å². The zero-order valence-corrected chi connectivity index (χ0v) is 7.16. The molecule has 1 radical (unpaired) electrons. The summed E-state index contributed by atoms with van der Waals surface area (Å²) in [5.41, 5.74) is 2.92. The molecule has 0 heterocycles. The summed E-state index contributed by atoms with van der Waals surface area (Å²) >= 11 is 0. The lowest BCUT2D eigenvalue weighted by Crippen LogP contribution is -1.97. The van der Waals surface area contributed by atoms with Crippen molar-refractivity contribution in [1.29, 1.82) is 0 Å². The van der Waals surface area contributed by atoms with E-state index in [1.807, 2.05) is 32.0 Å². The fraction of sp³-hybridized carbons (Fsp3) is 0.200. The van der Waals surface area contributed by atoms with E-state index in [1.165, 1.54) is 6.42 Å². The molecule has 2 heteroatoms. The van der Waals surface area contributed by atoms with Crippen LogP contribution in [-0.2, 0) is 4.79 Å². The van der Waals surface area contributed by atoms with Crippen molar-refractivity contribution in [3.63, 3.8) is 0 Å². The summed E-state index contributed by atoms with van der Waals surface area (Å²) < 4.78 is 0. The summed E-state index contributed by atoms with van der Waals surface area (Å²) in [6.45, 7) is 3.90. The Bertz CT molecular complexity index is 282. The van der Waals surface area contributed by atoms with Crippen LogP contribution in [0.1, 0.15) is 16.7 Å². The summed E-state index contributed by atoms with van der Waals surface area (Å²) in [5.74, 6) is -0.903. The Hall–Kier alpha value is -1.31. The molecule has 0 saturated heterocycles. The van der Waals surface area contributed by atoms with E-state index in [0.717, 1.165) is 16.7 Å². The van der Waals surface area contributed by atoms with Crippen molar-refractivity contribution >= 4 is 5.97 Å². The number of rotatable bonds is 2. The number of aryl methyl sites for hydroxylation is 2. The zero-order chi connectivity index (χ0) is 9.14. The quantitative estimate of drug-likeness (QED) is 0.723. The standard InChI is InChI=1S/C10H11O2/c1-7-3-8(2)5-9(4-7)6-10(11)12/h3-6H,1-2H3,(H,11,12). The summed E-state index contributed by atoms with van der Waals surface area (Å²) in [7, 11) is 0. The average Bonchev–Trinajstić information content (AvgIpc) is 1.81. The van der Waals surface area contributed by atoms with E-state index >= 15 is 0 Å². The van der Waals surface area contributed by atoms with Gasteiger partial charge in [0.25, 0.3) is 0 Å². The number of carboxylic acids is 1. The zero-order valence-electron chi connectivity index (χ0n) is 7.16. The molecular weight excluding hydrogens is 152 g/mol. The number of hydrogen-bond acceptors (Lipinski definition) is 1. The molecule has 1 N–H and O–H groups in total. The van der Waals surface area contributed by atoms with Crippen LogP contribution in [0, 0.1) is 20.3 Å². The highest BCUT2D eigenvalue weighted by Gasteiger charge is 2.01. The summed E-state index contributed by atoms with van der Waals surface area (Å²) in [6, 6.07) is 5.71. The minimum Gasteiger partial charge on any atom is -0.481 e. The number of carboxylic acid groups (broad SMARTS) is 1. The van der Waals surface area contributed by atoms with Gasteiger partial charge in [-0.3, -0.25) is 4.79 Å². The molecule has 0 fully saturated rings. The van der Waals surface area contributed by atoms with E-state index in [4.69, 9.17) is 5.11 Å². The highest BCUT2D eigenvalue weighted by Crippen LogP contribution is 2.10. The second kappa shape index (κ2) is 3.39. The summed E-state index contributed by atoms with van der Waals surface area (Å²) in [5, 5.41) is 8.49. The van der Waals surface area contributed by atoms with Gasteiger partial charge >= 0.3 is 5.97 Å². The van der Waals surface area contributed by atoms with Crippen LogP contribution < -0.4 is 0 Å². The molecule has 0 bridgehead atoms. The molecule has 0 aromatic heterocycles. The minimum atomic E-state index is -0.903. The monoisotopic (exact) mass is 163 g/mol. The van der Waals surface area contributed by atoms with Gasteiger partial charge in [0.15, 0.2) is 0 Å². The van der Waals surface area contributed by atoms with Crippen molar-refractivity contribution in [3.8, 4) is 0 Å². The molecule has 1 aromatic rings. The molecule has 0 unspecified atom stereocenters. The molecule has 0 amide bonds. The molecule has 0 atom stereocenters. The highest BCUT2D eigenvalue weighted by atomic mass is 16.4. The van der Waals surface area contributed by atoms with Crippen molar-refractivity contribution < 1.29 is 9.90 Å². The Morgan fingerprint density at radius 3 is 2.17 bits per heavy atom. The van der Waals surface area contributed by atoms with Crippen LogP contribution in [0.5, 0.6) is 0 Å². The van der Waals surface area contributed by atoms with Gasteiger partial charge in [-0.05, 0) is 19.4 Å². The second-order valence-electron chi connectivity index (χ2n) is 2.90. The lowest BCUT2D eigenvalue weighted by Gasteiger charge is -2.00. The summed E-state index contributed by atoms with van der Waals surface area (Å²) in [4.78, 5) is 10.3. The molecule has 2 nitrogen and oxygen atoms in total. The average molecular weight is 163 g/mol. The Morgan fingerprint density at radius 1 is 1.25 bits per heavy atom. The number of hydrogen-bond donors (Lipinski definition) is 1. The van der Waals surface area contributed by atoms with Crippen molar-refractivity contribution in [2.24, 2.45) is 0 Å². The lowest BCUT2D eigenvalue weighted by molar-refractivity contribution is -0.132. The number of carbonyl (C=O) groups is 1. The van der Waals surface area contributed by atoms with Crippen LogP contribution in [0.2, 0.25) is 0 Å². The second-order valence-corrected chi connectivity index (χ2v) is 2.90. The van der Waals surface area contributed by atoms with E-state index in [-0.39, 0.29) is 0 Å². The van der Waals surface area contributed by atoms with Crippen molar-refractivity contribution in [3.05, 3.63) is 41.3 Å². The molecule has 0 aliphatic heterocycles. The van der Waals surface area contributed by atoms with Gasteiger partial charge in [-0.15, -0.1) is 0 Å². The van der Waals surface area contributed by atoms with Gasteiger partial charge in [0.05, 0.1) is 6.42 Å². The first-order valence-electron chi connectivity index (χ1n) is 3.74. The van der Waals surface area contributed by atoms with Gasteiger partial charge in [-0.1, -0.05) is 29.3 Å². The molecule has 12 heavy (non-hydrogen) atoms. The highest BCUT2D eigenvalue weighted by molar-refractivity contribution is 5.81. The third-order valence-corrected chi connectivity index (χ3v) is 1.53. The predicted molar refractivity (Wildman–Crippen MR) is 47.0 cm³/mol.